The minimum absolute atomic E-state index is 0.621. The van der Waals surface area contributed by atoms with Crippen molar-refractivity contribution in [3.63, 3.8) is 0 Å². The van der Waals surface area contributed by atoms with E-state index >= 15 is 0 Å². The van der Waals surface area contributed by atoms with Crippen LogP contribution in [0.4, 0.5) is 0 Å². The number of ether oxygens (including phenoxy) is 1. The van der Waals surface area contributed by atoms with Gasteiger partial charge in [-0.1, -0.05) is 12.1 Å². The van der Waals surface area contributed by atoms with E-state index in [1.165, 1.54) is 0 Å². The van der Waals surface area contributed by atoms with Gasteiger partial charge in [0.1, 0.15) is 11.5 Å². The van der Waals surface area contributed by atoms with Crippen molar-refractivity contribution in [3.8, 4) is 5.75 Å². The van der Waals surface area contributed by atoms with Gasteiger partial charge in [0.2, 0.25) is 0 Å². The predicted molar refractivity (Wildman–Crippen MR) is 83.5 cm³/mol. The maximum atomic E-state index is 10.4. The van der Waals surface area contributed by atoms with Crippen LogP contribution in [0, 0.1) is 0 Å². The van der Waals surface area contributed by atoms with Crippen LogP contribution >= 0.6 is 11.8 Å². The largest absolute Gasteiger partial charge is 0.493 e. The lowest BCUT2D eigenvalue weighted by Gasteiger charge is -2.05. The molecule has 0 fully saturated rings. The molecule has 5 heteroatoms. The second-order valence-corrected chi connectivity index (χ2v) is 5.33. The van der Waals surface area contributed by atoms with Crippen molar-refractivity contribution in [1.29, 1.82) is 0 Å². The molecule has 0 unspecified atom stereocenters. The zero-order valence-electron chi connectivity index (χ0n) is 11.4. The molecule has 0 aliphatic heterocycles. The average Bonchev–Trinajstić information content (AvgIpc) is 2.99. The third-order valence-electron chi connectivity index (χ3n) is 2.62. The molecule has 0 atom stereocenters. The van der Waals surface area contributed by atoms with E-state index < -0.39 is 5.97 Å². The van der Waals surface area contributed by atoms with Gasteiger partial charge in [-0.05, 0) is 35.9 Å². The second-order valence-electron chi connectivity index (χ2n) is 4.22. The third-order valence-corrected chi connectivity index (χ3v) is 3.56. The monoisotopic (exact) mass is 304 g/mol. The number of thioether (sulfide) groups is 1. The number of carbonyl (C=O) groups is 1. The number of carboxylic acids is 1. The van der Waals surface area contributed by atoms with Gasteiger partial charge in [0, 0.05) is 11.8 Å². The standard InChI is InChI=1S/C16H16O4S/c17-16(18)8-5-13-3-6-14(7-4-13)20-10-11-21-12-15-2-1-9-19-15/h1-9H,10-12H2,(H,17,18). The van der Waals surface area contributed by atoms with Gasteiger partial charge in [0.05, 0.1) is 18.6 Å². The van der Waals surface area contributed by atoms with E-state index in [-0.39, 0.29) is 0 Å². The fraction of sp³-hybridized carbons (Fsp3) is 0.188. The highest BCUT2D eigenvalue weighted by molar-refractivity contribution is 7.98. The molecule has 1 aromatic carbocycles. The van der Waals surface area contributed by atoms with E-state index in [1.807, 2.05) is 36.4 Å². The van der Waals surface area contributed by atoms with Crippen LogP contribution in [0.5, 0.6) is 5.75 Å². The van der Waals surface area contributed by atoms with E-state index in [0.29, 0.717) is 6.61 Å². The van der Waals surface area contributed by atoms with Gasteiger partial charge in [-0.2, -0.15) is 11.8 Å². The van der Waals surface area contributed by atoms with Crippen molar-refractivity contribution in [2.75, 3.05) is 12.4 Å². The molecule has 0 amide bonds. The molecule has 0 spiro atoms. The Bertz CT molecular complexity index is 573. The highest BCUT2D eigenvalue weighted by Crippen LogP contribution is 2.15. The minimum atomic E-state index is -0.955. The van der Waals surface area contributed by atoms with Crippen molar-refractivity contribution in [2.24, 2.45) is 0 Å². The van der Waals surface area contributed by atoms with Gasteiger partial charge < -0.3 is 14.3 Å². The summed E-state index contributed by atoms with van der Waals surface area (Å²) < 4.78 is 10.9. The summed E-state index contributed by atoms with van der Waals surface area (Å²) in [6.07, 6.45) is 4.33. The van der Waals surface area contributed by atoms with Gasteiger partial charge in [-0.15, -0.1) is 0 Å². The first-order chi connectivity index (χ1) is 10.2. The Balaban J connectivity index is 1.67. The lowest BCUT2D eigenvalue weighted by atomic mass is 10.2. The molecule has 0 radical (unpaired) electrons. The Morgan fingerprint density at radius 1 is 1.29 bits per heavy atom. The second kappa shape index (κ2) is 8.21. The summed E-state index contributed by atoms with van der Waals surface area (Å²) in [6, 6.07) is 11.1. The van der Waals surface area contributed by atoms with Crippen molar-refractivity contribution in [2.45, 2.75) is 5.75 Å². The van der Waals surface area contributed by atoms with E-state index in [0.717, 1.165) is 34.7 Å². The summed E-state index contributed by atoms with van der Waals surface area (Å²) >= 11 is 1.75. The number of rotatable bonds is 8. The summed E-state index contributed by atoms with van der Waals surface area (Å²) in [5.74, 6) is 2.51. The van der Waals surface area contributed by atoms with Gasteiger partial charge in [-0.3, -0.25) is 0 Å². The third kappa shape index (κ3) is 5.79. The molecule has 2 rings (SSSR count). The van der Waals surface area contributed by atoms with E-state index in [2.05, 4.69) is 0 Å². The number of hydrogen-bond donors (Lipinski definition) is 1. The fourth-order valence-electron chi connectivity index (χ4n) is 1.63. The number of carboxylic acid groups (broad SMARTS) is 1. The maximum Gasteiger partial charge on any atom is 0.328 e. The Kier molecular flexibility index (Phi) is 5.97. The Labute approximate surface area is 127 Å². The van der Waals surface area contributed by atoms with Crippen LogP contribution in [0.3, 0.4) is 0 Å². The first-order valence-electron chi connectivity index (χ1n) is 6.48. The molecule has 0 saturated heterocycles. The molecular formula is C16H16O4S. The predicted octanol–water partition coefficient (Wildman–Crippen LogP) is 3.69. The SMILES string of the molecule is O=C(O)C=Cc1ccc(OCCSCc2ccco2)cc1. The van der Waals surface area contributed by atoms with Crippen molar-refractivity contribution >= 4 is 23.8 Å². The van der Waals surface area contributed by atoms with E-state index in [4.69, 9.17) is 14.3 Å². The van der Waals surface area contributed by atoms with Crippen LogP contribution < -0.4 is 4.74 Å². The molecule has 0 bridgehead atoms. The molecule has 4 nitrogen and oxygen atoms in total. The quantitative estimate of drug-likeness (QED) is 0.595. The van der Waals surface area contributed by atoms with E-state index in [1.54, 1.807) is 24.1 Å². The van der Waals surface area contributed by atoms with Gasteiger partial charge in [-0.25, -0.2) is 4.79 Å². The summed E-state index contributed by atoms with van der Waals surface area (Å²) in [4.78, 5) is 10.4. The van der Waals surface area contributed by atoms with Gasteiger partial charge >= 0.3 is 5.97 Å². The number of furan rings is 1. The van der Waals surface area contributed by atoms with Crippen LogP contribution in [-0.4, -0.2) is 23.4 Å². The molecule has 2 aromatic rings. The molecule has 1 heterocycles. The molecular weight excluding hydrogens is 288 g/mol. The van der Waals surface area contributed by atoms with Crippen LogP contribution in [0.25, 0.3) is 6.08 Å². The highest BCUT2D eigenvalue weighted by Gasteiger charge is 1.97. The molecule has 0 saturated carbocycles. The lowest BCUT2D eigenvalue weighted by molar-refractivity contribution is -0.131. The van der Waals surface area contributed by atoms with Gasteiger partial charge in [0.25, 0.3) is 0 Å². The highest BCUT2D eigenvalue weighted by atomic mass is 32.2. The average molecular weight is 304 g/mol. The van der Waals surface area contributed by atoms with Crippen LogP contribution in [0.1, 0.15) is 11.3 Å². The fourth-order valence-corrected chi connectivity index (χ4v) is 2.34. The summed E-state index contributed by atoms with van der Waals surface area (Å²) in [5.41, 5.74) is 0.831. The Morgan fingerprint density at radius 3 is 2.76 bits per heavy atom. The van der Waals surface area contributed by atoms with Crippen molar-refractivity contribution in [3.05, 3.63) is 60.1 Å². The summed E-state index contributed by atoms with van der Waals surface area (Å²) in [5, 5.41) is 8.54. The maximum absolute atomic E-state index is 10.4. The molecule has 110 valence electrons. The smallest absolute Gasteiger partial charge is 0.328 e. The molecule has 0 aliphatic rings. The van der Waals surface area contributed by atoms with Crippen LogP contribution in [-0.2, 0) is 10.5 Å². The van der Waals surface area contributed by atoms with Crippen molar-refractivity contribution < 1.29 is 19.1 Å². The lowest BCUT2D eigenvalue weighted by Crippen LogP contribution is -2.00. The summed E-state index contributed by atoms with van der Waals surface area (Å²) in [7, 11) is 0. The van der Waals surface area contributed by atoms with Crippen LogP contribution in [0.2, 0.25) is 0 Å². The normalized spacial score (nSPS) is 10.9. The molecule has 21 heavy (non-hydrogen) atoms. The number of benzene rings is 1. The topological polar surface area (TPSA) is 59.7 Å². The van der Waals surface area contributed by atoms with E-state index in [9.17, 15) is 4.79 Å². The zero-order valence-corrected chi connectivity index (χ0v) is 12.2. The number of aliphatic carboxylic acids is 1. The Hall–Kier alpha value is -2.14. The molecule has 1 aromatic heterocycles. The molecule has 0 aliphatic carbocycles. The Morgan fingerprint density at radius 2 is 2.10 bits per heavy atom. The summed E-state index contributed by atoms with van der Waals surface area (Å²) in [6.45, 7) is 0.621. The zero-order chi connectivity index (χ0) is 14.9. The molecule has 1 N–H and O–H groups in total. The van der Waals surface area contributed by atoms with Crippen LogP contribution in [0.15, 0.2) is 53.2 Å². The first-order valence-corrected chi connectivity index (χ1v) is 7.63. The van der Waals surface area contributed by atoms with Gasteiger partial charge in [0.15, 0.2) is 0 Å². The van der Waals surface area contributed by atoms with Crippen molar-refractivity contribution in [1.82, 2.24) is 0 Å². The number of hydrogen-bond acceptors (Lipinski definition) is 4. The first kappa shape index (κ1) is 15.3. The minimum Gasteiger partial charge on any atom is -0.493 e.